The molecule has 41 heteroatoms. The minimum Gasteiger partial charge on any atom is -0.508 e. The lowest BCUT2D eigenvalue weighted by Crippen LogP contribution is -2.65. The summed E-state index contributed by atoms with van der Waals surface area (Å²) in [5.74, 6) is -18.2. The number of nitrogens with one attached hydrogen (secondary N) is 10. The van der Waals surface area contributed by atoms with Gasteiger partial charge in [0.25, 0.3) is 0 Å². The fourth-order valence-corrected chi connectivity index (χ4v) is 16.9. The first-order valence-electron chi connectivity index (χ1n) is 40.2. The van der Waals surface area contributed by atoms with Crippen LogP contribution in [-0.4, -0.2) is 227 Å². The first kappa shape index (κ1) is 93.9. The number of primary amides is 1. The highest BCUT2D eigenvalue weighted by Gasteiger charge is 2.53. The second-order valence-corrected chi connectivity index (χ2v) is 34.5. The van der Waals surface area contributed by atoms with Gasteiger partial charge >= 0.3 is 13.6 Å². The molecule has 38 nitrogen and oxygen atoms in total. The van der Waals surface area contributed by atoms with Crippen molar-refractivity contribution in [2.75, 3.05) is 39.6 Å². The molecule has 24 N–H and O–H groups in total. The maximum absolute atomic E-state index is 16.4. The van der Waals surface area contributed by atoms with Gasteiger partial charge in [-0.25, -0.2) is 4.79 Å². The smallest absolute Gasteiger partial charge is 0.339 e. The third-order valence-corrected chi connectivity index (χ3v) is 23.7. The zero-order valence-electron chi connectivity index (χ0n) is 67.6. The van der Waals surface area contributed by atoms with Crippen LogP contribution in [0.2, 0.25) is 10.0 Å². The van der Waals surface area contributed by atoms with Crippen LogP contribution in [-0.2, 0) is 69.5 Å². The number of aliphatic carboxylic acids is 1. The van der Waals surface area contributed by atoms with Crippen LogP contribution in [0.15, 0.2) is 72.8 Å². The molecule has 5 aromatic rings. The third kappa shape index (κ3) is 21.4. The van der Waals surface area contributed by atoms with Gasteiger partial charge in [0.15, 0.2) is 29.9 Å². The summed E-state index contributed by atoms with van der Waals surface area (Å²) in [5.41, 5.74) is 0.197. The molecule has 5 aromatic carbocycles. The van der Waals surface area contributed by atoms with E-state index in [2.05, 4.69) is 60.1 Å². The van der Waals surface area contributed by atoms with Crippen LogP contribution in [0.4, 0.5) is 0 Å². The Bertz CT molecular complexity index is 4760. The first-order chi connectivity index (χ1) is 57.8. The summed E-state index contributed by atoms with van der Waals surface area (Å²) in [6.07, 6.45) is -10.5. The second kappa shape index (κ2) is 40.0. The number of amides is 7. The molecule has 8 aliphatic rings. The van der Waals surface area contributed by atoms with Crippen LogP contribution < -0.4 is 73.1 Å². The maximum Gasteiger partial charge on any atom is 0.339 e. The number of ether oxygens (including phenoxy) is 6. The van der Waals surface area contributed by atoms with Gasteiger partial charge in [0.1, 0.15) is 78.0 Å². The normalized spacial score (nSPS) is 27.3. The highest BCUT2D eigenvalue weighted by atomic mass is 35.5. The maximum atomic E-state index is 16.4. The number of benzene rings is 5. The number of aliphatic hydroxyl groups excluding tert-OH is 6. The Labute approximate surface area is 711 Å². The molecule has 13 rings (SSSR count). The van der Waals surface area contributed by atoms with Crippen molar-refractivity contribution >= 4 is 78.1 Å². The number of carboxylic acids is 1. The summed E-state index contributed by atoms with van der Waals surface area (Å²) >= 11 is 14.3. The summed E-state index contributed by atoms with van der Waals surface area (Å²) in [7, 11) is -3.40. The number of likely N-dealkylation sites (N-methyl/N-ethyl adjacent to an activating group) is 1. The average Bonchev–Trinajstić information content (AvgIpc) is 1.55. The van der Waals surface area contributed by atoms with Crippen molar-refractivity contribution in [3.63, 3.8) is 0 Å². The number of halogens is 2. The fraction of sp³-hybridized carbons (Fsp3) is 0.531. The number of carboxylic acid groups (broad SMARTS) is 1. The topological polar surface area (TPSA) is 598 Å². The zero-order chi connectivity index (χ0) is 88.7. The van der Waals surface area contributed by atoms with E-state index in [1.165, 1.54) is 51.3 Å². The Hall–Kier alpha value is -8.81. The quantitative estimate of drug-likeness (QED) is 0.0177. The molecule has 666 valence electrons. The molecule has 2 saturated heterocycles. The standard InChI is InChI=1S/C81H106Cl2N11O27P/c1-7-8-9-10-11-12-13-14-21-86-22-23-88-80(5)32-57(116-37(4)71(80)102)120-70-68(101)67(100)55(34-95)119-79(70)121-69-53-28-41-29-54(69)118-52-20-17-40(27-47(52)83)66(99)64-77(108)92-62(78(109)110)43-30-50(96)44(33-87-35-122(113,114)115)59-58(43)42-25-38(15-18-45(42)81(59,111)112)60(74(105)94-64)91-75(106)61(41)90-73(104)49(31-56(84)97)89-76(107)63(93-72(103)48(85-6)24-36(2)3)65(98)39-16-19-51(117-53)46(82)26-39/h15-20,25-30,36-37,48-49,55,57,60-68,70-71,79,85-88,95-96,98-102,111-112H,7-14,21-24,31-35H2,1-6H3,(H2,84,97)(H,89,107)(H,90,104)(H,91,106)(H,92,108)(H,93,103)(H,94,105)(H,109,110)(H2,113,114,115)/t37-,48+,49-,55+,57?,60+,61+,62-,63+,64-,65+,66+,67+,68-,70?,71+,79?,80-/m0/s1. The van der Waals surface area contributed by atoms with E-state index in [9.17, 15) is 79.8 Å². The first-order valence-corrected chi connectivity index (χ1v) is 42.8. The van der Waals surface area contributed by atoms with Gasteiger partial charge in [0.2, 0.25) is 59.2 Å². The Morgan fingerprint density at radius 2 is 1.33 bits per heavy atom. The number of aliphatic hydroxyl groups is 8. The molecule has 0 saturated carbocycles. The summed E-state index contributed by atoms with van der Waals surface area (Å²) in [5, 5.41) is 145. The van der Waals surface area contributed by atoms with Crippen LogP contribution in [0, 0.1) is 5.92 Å². The molecule has 0 spiro atoms. The lowest BCUT2D eigenvalue weighted by Gasteiger charge is -2.48. The number of fused-ring (bicyclic) bond motifs is 12. The number of aromatic hydroxyl groups is 1. The van der Waals surface area contributed by atoms with Crippen LogP contribution in [0.3, 0.4) is 0 Å². The summed E-state index contributed by atoms with van der Waals surface area (Å²) < 4.78 is 51.6. The molecule has 18 atom stereocenters. The van der Waals surface area contributed by atoms with Crippen LogP contribution in [0.5, 0.6) is 34.5 Å². The summed E-state index contributed by atoms with van der Waals surface area (Å²) in [6.45, 7) is 9.02. The molecular weight excluding hydrogens is 1660 g/mol. The number of unbranched alkanes of at least 4 members (excludes halogenated alkanes) is 7. The third-order valence-electron chi connectivity index (χ3n) is 22.4. The van der Waals surface area contributed by atoms with Crippen LogP contribution in [0.1, 0.15) is 180 Å². The van der Waals surface area contributed by atoms with E-state index in [1.54, 1.807) is 13.8 Å². The Kier molecular flexibility index (Phi) is 30.8. The van der Waals surface area contributed by atoms with Gasteiger partial charge in [0.05, 0.1) is 47.6 Å². The van der Waals surface area contributed by atoms with Crippen LogP contribution in [0.25, 0.3) is 11.1 Å². The predicted molar refractivity (Wildman–Crippen MR) is 434 cm³/mol. The number of carbonyl (C=O) groups is 8. The van der Waals surface area contributed by atoms with Crippen molar-refractivity contribution < 1.29 is 132 Å². The van der Waals surface area contributed by atoms with Gasteiger partial charge in [-0.05, 0) is 134 Å². The lowest BCUT2D eigenvalue weighted by molar-refractivity contribution is -0.334. The lowest BCUT2D eigenvalue weighted by atomic mass is 9.85. The van der Waals surface area contributed by atoms with Crippen molar-refractivity contribution in [1.29, 1.82) is 0 Å². The van der Waals surface area contributed by atoms with E-state index in [-0.39, 0.29) is 51.8 Å². The number of nitrogens with two attached hydrogens (primary N) is 1. The van der Waals surface area contributed by atoms with E-state index in [0.717, 1.165) is 86.5 Å². The molecule has 122 heavy (non-hydrogen) atoms. The molecular formula is C81H106Cl2N11O27P. The average molecular weight is 1770 g/mol. The van der Waals surface area contributed by atoms with Gasteiger partial charge in [-0.3, -0.25) is 38.1 Å². The minimum atomic E-state index is -4.87. The Morgan fingerprint density at radius 3 is 1.93 bits per heavy atom. The zero-order valence-corrected chi connectivity index (χ0v) is 70.0. The number of carbonyl (C=O) groups excluding carboxylic acids is 7. The molecule has 7 amide bonds. The number of rotatable bonds is 30. The molecule has 7 aliphatic heterocycles. The van der Waals surface area contributed by atoms with Crippen molar-refractivity contribution in [3.8, 4) is 45.6 Å². The van der Waals surface area contributed by atoms with Crippen molar-refractivity contribution in [2.24, 2.45) is 11.7 Å². The highest BCUT2D eigenvalue weighted by Crippen LogP contribution is 2.55. The van der Waals surface area contributed by atoms with E-state index in [1.807, 2.05) is 13.8 Å². The number of phenols is 1. The molecule has 0 radical (unpaired) electrons. The minimum absolute atomic E-state index is 0.121. The van der Waals surface area contributed by atoms with E-state index in [0.29, 0.717) is 13.1 Å². The van der Waals surface area contributed by atoms with Crippen molar-refractivity contribution in [3.05, 3.63) is 127 Å². The van der Waals surface area contributed by atoms with E-state index >= 15 is 24.0 Å². The molecule has 7 heterocycles. The fourth-order valence-electron chi connectivity index (χ4n) is 16.0. The molecule has 11 bridgehead atoms. The number of phenolic OH excluding ortho intramolecular Hbond substituents is 1. The SMILES string of the molecule is CCCCCCCCCCNCCN[C@@]1(C)CC(OC2C(Oc3c4cc5cc3Oc3ccc(cc3Cl)[C@@H](O)[C@@H](NC(=O)[C@@H](CC(C)C)NC)C(=O)N[C@@H](CC(N)=O)C(=O)N[C@H]5C(=O)N[C@H]3C(=O)N[C@H](C(=O)N[C@H](C(=O)O)c5cc(O)c(CNCP(=O)(O)O)c6c5-c5cc3ccc5C6(O)O)[C@H](O)c3ccc(c(Cl)c3)O4)O[C@H](CO)[C@@H](O)[C@@H]2O)O[C@@H](C)[C@H]1O. The van der Waals surface area contributed by atoms with E-state index in [4.69, 9.17) is 57.4 Å². The number of hydrogen-bond donors (Lipinski definition) is 23. The van der Waals surface area contributed by atoms with E-state index < -0.39 is 263 Å². The molecule has 1 aliphatic carbocycles. The Balaban J connectivity index is 1.10. The van der Waals surface area contributed by atoms with Crippen LogP contribution >= 0.6 is 30.8 Å². The van der Waals surface area contributed by atoms with Gasteiger partial charge in [-0.15, -0.1) is 0 Å². The van der Waals surface area contributed by atoms with Gasteiger partial charge in [0, 0.05) is 48.3 Å². The van der Waals surface area contributed by atoms with Crippen molar-refractivity contribution in [2.45, 2.75) is 227 Å². The second-order valence-electron chi connectivity index (χ2n) is 32.0. The predicted octanol–water partition coefficient (Wildman–Crippen LogP) is 1.78. The monoisotopic (exact) mass is 1770 g/mol. The molecule has 2 fully saturated rings. The Morgan fingerprint density at radius 1 is 0.713 bits per heavy atom. The summed E-state index contributed by atoms with van der Waals surface area (Å²) in [4.78, 5) is 139. The van der Waals surface area contributed by atoms with Gasteiger partial charge < -0.3 is 148 Å². The highest BCUT2D eigenvalue weighted by molar-refractivity contribution is 7.51. The summed E-state index contributed by atoms with van der Waals surface area (Å²) in [6, 6.07) is -1.81. The molecule has 0 aromatic heterocycles. The number of hydrogen-bond acceptors (Lipinski definition) is 28. The van der Waals surface area contributed by atoms with Gasteiger partial charge in [-0.2, -0.15) is 0 Å². The molecule has 3 unspecified atom stereocenters. The largest absolute Gasteiger partial charge is 0.508 e. The van der Waals surface area contributed by atoms with Crippen molar-refractivity contribution in [1.82, 2.24) is 53.2 Å². The van der Waals surface area contributed by atoms with Gasteiger partial charge in [-0.1, -0.05) is 113 Å².